The first-order valence-electron chi connectivity index (χ1n) is 9.75. The Bertz CT molecular complexity index is 1440. The lowest BCUT2D eigenvalue weighted by Gasteiger charge is -2.47. The monoisotopic (exact) mass is 598 g/mol. The fourth-order valence-electron chi connectivity index (χ4n) is 3.89. The van der Waals surface area contributed by atoms with Crippen LogP contribution in [0.1, 0.15) is 23.0 Å². The summed E-state index contributed by atoms with van der Waals surface area (Å²) in [5.74, 6) is -7.77. The summed E-state index contributed by atoms with van der Waals surface area (Å²) in [6.45, 7) is 0. The summed E-state index contributed by atoms with van der Waals surface area (Å²) >= 11 is 0. The number of anilines is 2. The molecule has 1 fully saturated rings. The van der Waals surface area contributed by atoms with Gasteiger partial charge in [0.05, 0.1) is 23.6 Å². The van der Waals surface area contributed by atoms with Crippen LogP contribution in [-0.4, -0.2) is 70.7 Å². The average Bonchev–Trinajstić information content (AvgIpc) is 2.70. The van der Waals surface area contributed by atoms with Crippen molar-refractivity contribution in [3.05, 3.63) is 35.4 Å². The Hall–Kier alpha value is -3.36. The Kier molecular flexibility index (Phi) is 7.02. The number of aliphatic hydroxyl groups excluding tert-OH is 2. The highest BCUT2D eigenvalue weighted by Gasteiger charge is 2.55. The fraction of sp³-hybridized carbons (Fsp3) is 0.333. The van der Waals surface area contributed by atoms with Crippen LogP contribution in [0.5, 0.6) is 23.0 Å². The molecule has 8 N–H and O–H groups in total. The second kappa shape index (κ2) is 9.13. The molecule has 2 aromatic rings. The number of halogens is 6. The number of alkyl halides is 6. The minimum Gasteiger partial charge on any atom is -0.508 e. The van der Waals surface area contributed by atoms with Gasteiger partial charge in [0.15, 0.2) is 0 Å². The summed E-state index contributed by atoms with van der Waals surface area (Å²) in [5, 5.41) is 61.4. The molecule has 0 heterocycles. The molecule has 20 heteroatoms. The van der Waals surface area contributed by atoms with Crippen molar-refractivity contribution in [2.75, 3.05) is 9.44 Å². The average molecular weight is 598 g/mol. The van der Waals surface area contributed by atoms with Crippen LogP contribution in [0.4, 0.5) is 37.7 Å². The highest BCUT2D eigenvalue weighted by molar-refractivity contribution is 7.93. The smallest absolute Gasteiger partial charge is 0.508 e. The van der Waals surface area contributed by atoms with Crippen molar-refractivity contribution < 1.29 is 73.8 Å². The molecular weight excluding hydrogens is 582 g/mol. The highest BCUT2D eigenvalue weighted by atomic mass is 32.2. The van der Waals surface area contributed by atoms with Gasteiger partial charge < -0.3 is 30.6 Å². The summed E-state index contributed by atoms with van der Waals surface area (Å²) in [5.41, 5.74) is -15.2. The number of sulfonamides is 2. The van der Waals surface area contributed by atoms with E-state index in [4.69, 9.17) is 0 Å². The fourth-order valence-corrected chi connectivity index (χ4v) is 5.00. The molecule has 0 spiro atoms. The number of rotatable bonds is 6. The maximum absolute atomic E-state index is 12.8. The lowest BCUT2D eigenvalue weighted by atomic mass is 9.62. The van der Waals surface area contributed by atoms with Crippen molar-refractivity contribution in [2.24, 2.45) is 0 Å². The quantitative estimate of drug-likeness (QED) is 0.225. The van der Waals surface area contributed by atoms with Gasteiger partial charge in [-0.3, -0.25) is 9.44 Å². The molecule has 0 amide bonds. The molecule has 38 heavy (non-hydrogen) atoms. The Labute approximate surface area is 208 Å². The van der Waals surface area contributed by atoms with E-state index in [2.05, 4.69) is 0 Å². The van der Waals surface area contributed by atoms with Crippen LogP contribution in [-0.2, 0) is 20.0 Å². The SMILES string of the molecule is O=S(=O)(Nc1cc(O)c(C2C(O)C(c3c(O)cc(O)cc3NS(=O)(=O)C(F)(F)F)C2O)c(O)c1)C(F)(F)F. The molecule has 3 rings (SSSR count). The van der Waals surface area contributed by atoms with Crippen molar-refractivity contribution in [3.8, 4) is 23.0 Å². The van der Waals surface area contributed by atoms with E-state index in [9.17, 15) is 73.8 Å². The van der Waals surface area contributed by atoms with E-state index in [0.29, 0.717) is 24.3 Å². The van der Waals surface area contributed by atoms with E-state index < -0.39 is 101 Å². The molecule has 1 saturated carbocycles. The first kappa shape index (κ1) is 29.2. The molecule has 0 aromatic heterocycles. The lowest BCUT2D eigenvalue weighted by Crippen LogP contribution is -2.52. The van der Waals surface area contributed by atoms with Crippen molar-refractivity contribution >= 4 is 31.4 Å². The van der Waals surface area contributed by atoms with Crippen LogP contribution in [0.2, 0.25) is 0 Å². The second-order valence-corrected chi connectivity index (χ2v) is 11.3. The Morgan fingerprint density at radius 2 is 1.03 bits per heavy atom. The molecule has 2 unspecified atom stereocenters. The van der Waals surface area contributed by atoms with Gasteiger partial charge in [-0.15, -0.1) is 0 Å². The molecule has 1 aliphatic rings. The number of benzene rings is 2. The molecule has 2 aromatic carbocycles. The van der Waals surface area contributed by atoms with Gasteiger partial charge in [-0.1, -0.05) is 0 Å². The molecular formula is C18H16F6N2O10S2. The second-order valence-electron chi connectivity index (χ2n) is 7.99. The number of aliphatic hydroxyl groups is 2. The van der Waals surface area contributed by atoms with Crippen LogP contribution >= 0.6 is 0 Å². The third kappa shape index (κ3) is 5.02. The predicted octanol–water partition coefficient (Wildman–Crippen LogP) is 1.63. The van der Waals surface area contributed by atoms with Crippen LogP contribution in [0.15, 0.2) is 24.3 Å². The van der Waals surface area contributed by atoms with Gasteiger partial charge >= 0.3 is 31.1 Å². The van der Waals surface area contributed by atoms with Crippen LogP contribution < -0.4 is 9.44 Å². The summed E-state index contributed by atoms with van der Waals surface area (Å²) < 4.78 is 124. The van der Waals surface area contributed by atoms with Gasteiger partial charge in [-0.05, 0) is 0 Å². The lowest BCUT2D eigenvalue weighted by molar-refractivity contribution is -0.0801. The topological polar surface area (TPSA) is 214 Å². The molecule has 0 saturated heterocycles. The zero-order valence-corrected chi connectivity index (χ0v) is 19.7. The van der Waals surface area contributed by atoms with Crippen molar-refractivity contribution in [1.29, 1.82) is 0 Å². The van der Waals surface area contributed by atoms with Gasteiger partial charge in [0.2, 0.25) is 0 Å². The van der Waals surface area contributed by atoms with Crippen LogP contribution in [0, 0.1) is 0 Å². The number of phenols is 4. The summed E-state index contributed by atoms with van der Waals surface area (Å²) in [4.78, 5) is 0. The van der Waals surface area contributed by atoms with Crippen molar-refractivity contribution in [3.63, 3.8) is 0 Å². The minimum absolute atomic E-state index is 0.395. The third-order valence-electron chi connectivity index (χ3n) is 5.52. The summed E-state index contributed by atoms with van der Waals surface area (Å²) in [6.07, 6.45) is -3.99. The van der Waals surface area contributed by atoms with Gasteiger partial charge in [0, 0.05) is 47.2 Å². The largest absolute Gasteiger partial charge is 0.516 e. The molecule has 2 atom stereocenters. The molecule has 0 aliphatic heterocycles. The van der Waals surface area contributed by atoms with E-state index in [-0.39, 0.29) is 0 Å². The zero-order chi connectivity index (χ0) is 29.2. The number of aromatic hydroxyl groups is 4. The normalized spacial score (nSPS) is 22.5. The Morgan fingerprint density at radius 1 is 0.632 bits per heavy atom. The molecule has 12 nitrogen and oxygen atoms in total. The molecule has 1 aliphatic carbocycles. The van der Waals surface area contributed by atoms with Gasteiger partial charge in [0.25, 0.3) is 0 Å². The number of hydrogen-bond donors (Lipinski definition) is 8. The van der Waals surface area contributed by atoms with E-state index >= 15 is 0 Å². The highest BCUT2D eigenvalue weighted by Crippen LogP contribution is 2.56. The van der Waals surface area contributed by atoms with Crippen LogP contribution in [0.25, 0.3) is 0 Å². The van der Waals surface area contributed by atoms with E-state index in [1.807, 2.05) is 0 Å². The maximum Gasteiger partial charge on any atom is 0.516 e. The minimum atomic E-state index is -6.12. The predicted molar refractivity (Wildman–Crippen MR) is 114 cm³/mol. The molecule has 0 radical (unpaired) electrons. The number of nitrogens with one attached hydrogen (secondary N) is 2. The Morgan fingerprint density at radius 3 is 1.47 bits per heavy atom. The van der Waals surface area contributed by atoms with Gasteiger partial charge in [-0.25, -0.2) is 0 Å². The molecule has 212 valence electrons. The van der Waals surface area contributed by atoms with Gasteiger partial charge in [-0.2, -0.15) is 43.2 Å². The van der Waals surface area contributed by atoms with Gasteiger partial charge in [0.1, 0.15) is 23.0 Å². The first-order chi connectivity index (χ1) is 17.1. The van der Waals surface area contributed by atoms with E-state index in [0.717, 1.165) is 9.44 Å². The number of phenolic OH excluding ortho intramolecular Hbond substituents is 4. The van der Waals surface area contributed by atoms with E-state index in [1.165, 1.54) is 0 Å². The first-order valence-corrected chi connectivity index (χ1v) is 12.7. The standard InChI is InChI=1S/C18H16F6N2O10S2/c19-17(20,21)37(33,34)25-5-1-8(28)12(9(29)2-5)14-15(31)13(16(14)32)11-7(3-6(27)4-10(11)30)26-38(35,36)18(22,23)24/h1-4,13-16,25-32H. The van der Waals surface area contributed by atoms with Crippen molar-refractivity contribution in [1.82, 2.24) is 0 Å². The summed E-state index contributed by atoms with van der Waals surface area (Å²) in [6, 6.07) is 1.77. The third-order valence-corrected chi connectivity index (χ3v) is 7.74. The van der Waals surface area contributed by atoms with E-state index in [1.54, 1.807) is 0 Å². The molecule has 0 bridgehead atoms. The Balaban J connectivity index is 2.00. The number of hydrogen-bond acceptors (Lipinski definition) is 10. The van der Waals surface area contributed by atoms with Crippen molar-refractivity contribution in [2.45, 2.75) is 35.1 Å². The van der Waals surface area contributed by atoms with Crippen LogP contribution in [0.3, 0.4) is 0 Å². The zero-order valence-electron chi connectivity index (χ0n) is 18.0. The summed E-state index contributed by atoms with van der Waals surface area (Å²) in [7, 11) is -12.1. The maximum atomic E-state index is 12.8.